The van der Waals surface area contributed by atoms with E-state index >= 15 is 0 Å². The van der Waals surface area contributed by atoms with Crippen LogP contribution in [0.25, 0.3) is 22.4 Å². The third kappa shape index (κ3) is 3.97. The predicted molar refractivity (Wildman–Crippen MR) is 127 cm³/mol. The molecule has 0 saturated heterocycles. The van der Waals surface area contributed by atoms with Crippen molar-refractivity contribution in [3.8, 4) is 33.9 Å². The minimum Gasteiger partial charge on any atom is -0.493 e. The second-order valence-corrected chi connectivity index (χ2v) is 8.26. The number of rotatable bonds is 7. The molecule has 0 amide bonds. The van der Waals surface area contributed by atoms with Gasteiger partial charge in [-0.1, -0.05) is 18.2 Å². The lowest BCUT2D eigenvalue weighted by atomic mass is 9.93. The number of hydrogen-bond acceptors (Lipinski definition) is 5. The molecule has 8 heteroatoms. The number of aryl methyl sites for hydroxylation is 1. The first kappa shape index (κ1) is 23.6. The molecule has 0 aliphatic carbocycles. The molecule has 0 unspecified atom stereocenters. The van der Waals surface area contributed by atoms with E-state index in [0.29, 0.717) is 24.2 Å². The molecule has 180 valence electrons. The van der Waals surface area contributed by atoms with Crippen molar-refractivity contribution in [3.63, 3.8) is 0 Å². The number of nitrogens with zero attached hydrogens (tertiary/aromatic N) is 2. The number of ether oxygens (including phenoxy) is 3. The lowest BCUT2D eigenvalue weighted by molar-refractivity contribution is -0.0512. The van der Waals surface area contributed by atoms with Gasteiger partial charge in [-0.2, -0.15) is 8.78 Å². The number of esters is 1. The maximum atomic E-state index is 13.4. The van der Waals surface area contributed by atoms with Crippen molar-refractivity contribution in [2.24, 2.45) is 0 Å². The summed E-state index contributed by atoms with van der Waals surface area (Å²) in [5, 5.41) is 0. The second kappa shape index (κ2) is 9.37. The van der Waals surface area contributed by atoms with E-state index in [1.165, 1.54) is 7.11 Å². The highest BCUT2D eigenvalue weighted by atomic mass is 19.3. The number of anilines is 1. The molecule has 1 aromatic heterocycles. The number of alkyl halides is 2. The van der Waals surface area contributed by atoms with Gasteiger partial charge in [-0.25, -0.2) is 4.79 Å². The fraction of sp³-hybridized carbons (Fsp3) is 0.346. The number of methoxy groups -OCH3 is 1. The summed E-state index contributed by atoms with van der Waals surface area (Å²) in [6.45, 7) is 1.61. The van der Waals surface area contributed by atoms with Crippen molar-refractivity contribution in [2.75, 3.05) is 32.7 Å². The van der Waals surface area contributed by atoms with Gasteiger partial charge in [-0.15, -0.1) is 0 Å². The minimum atomic E-state index is -2.97. The van der Waals surface area contributed by atoms with Gasteiger partial charge in [0.2, 0.25) is 0 Å². The molecule has 0 atom stereocenters. The Morgan fingerprint density at radius 2 is 1.88 bits per heavy atom. The molecule has 0 saturated carbocycles. The monoisotopic (exact) mass is 470 g/mol. The van der Waals surface area contributed by atoms with E-state index in [0.717, 1.165) is 33.6 Å². The summed E-state index contributed by atoms with van der Waals surface area (Å²) in [4.78, 5) is 15.4. The molecule has 2 heterocycles. The molecular formula is C26H28F2N2O4. The Morgan fingerprint density at radius 3 is 2.53 bits per heavy atom. The van der Waals surface area contributed by atoms with E-state index in [1.807, 2.05) is 50.2 Å². The SMILES string of the molecule is CCOC(=O)c1c(-c2ccccc2N(C)C)c(C)n2c1-c1cc(OC)c(OC(F)F)cc1CC2. The zero-order valence-corrected chi connectivity index (χ0v) is 19.9. The maximum Gasteiger partial charge on any atom is 0.387 e. The third-order valence-electron chi connectivity index (χ3n) is 6.12. The van der Waals surface area contributed by atoms with Crippen LogP contribution in [0.4, 0.5) is 14.5 Å². The largest absolute Gasteiger partial charge is 0.493 e. The van der Waals surface area contributed by atoms with Gasteiger partial charge in [0, 0.05) is 48.7 Å². The summed E-state index contributed by atoms with van der Waals surface area (Å²) in [7, 11) is 5.32. The quantitative estimate of drug-likeness (QED) is 0.425. The van der Waals surface area contributed by atoms with Crippen LogP contribution in [0.5, 0.6) is 11.5 Å². The number of carbonyl (C=O) groups excluding carboxylic acids is 1. The minimum absolute atomic E-state index is 0.0242. The molecule has 0 radical (unpaired) electrons. The van der Waals surface area contributed by atoms with Gasteiger partial charge in [0.15, 0.2) is 11.5 Å². The standard InChI is InChI=1S/C26H28F2N2O4/c1-6-33-25(31)23-22(17-9-7-8-10-19(17)29(3)4)15(2)30-12-11-16-13-21(34-26(27)28)20(32-5)14-18(16)24(23)30/h7-10,13-14,26H,6,11-12H2,1-5H3. The zero-order chi connectivity index (χ0) is 24.6. The Balaban J connectivity index is 2.03. The van der Waals surface area contributed by atoms with Gasteiger partial charge in [0.25, 0.3) is 0 Å². The summed E-state index contributed by atoms with van der Waals surface area (Å²) in [6.07, 6.45) is 0.596. The highest BCUT2D eigenvalue weighted by Gasteiger charge is 2.33. The van der Waals surface area contributed by atoms with Crippen LogP contribution in [0.2, 0.25) is 0 Å². The van der Waals surface area contributed by atoms with E-state index in [2.05, 4.69) is 9.30 Å². The fourth-order valence-corrected chi connectivity index (χ4v) is 4.71. The van der Waals surface area contributed by atoms with Crippen LogP contribution in [0.3, 0.4) is 0 Å². The van der Waals surface area contributed by atoms with Crippen molar-refractivity contribution < 1.29 is 27.8 Å². The number of benzene rings is 2. The van der Waals surface area contributed by atoms with Gasteiger partial charge in [0.1, 0.15) is 0 Å². The highest BCUT2D eigenvalue weighted by molar-refractivity contribution is 6.07. The zero-order valence-electron chi connectivity index (χ0n) is 19.9. The molecule has 0 fully saturated rings. The van der Waals surface area contributed by atoms with E-state index in [-0.39, 0.29) is 18.1 Å². The van der Waals surface area contributed by atoms with Crippen LogP contribution in [0.1, 0.15) is 28.5 Å². The van der Waals surface area contributed by atoms with Gasteiger partial charge in [-0.05, 0) is 44.0 Å². The summed E-state index contributed by atoms with van der Waals surface area (Å²) in [6, 6.07) is 11.1. The first-order valence-electron chi connectivity index (χ1n) is 11.1. The van der Waals surface area contributed by atoms with Crippen molar-refractivity contribution in [1.29, 1.82) is 0 Å². The summed E-state index contributed by atoms with van der Waals surface area (Å²) in [5.41, 5.74) is 6.33. The first-order valence-corrected chi connectivity index (χ1v) is 11.1. The highest BCUT2D eigenvalue weighted by Crippen LogP contribution is 2.47. The Hall–Kier alpha value is -3.55. The maximum absolute atomic E-state index is 13.4. The summed E-state index contributed by atoms with van der Waals surface area (Å²) in [5.74, 6) is -0.275. The number of halogens is 2. The fourth-order valence-electron chi connectivity index (χ4n) is 4.71. The second-order valence-electron chi connectivity index (χ2n) is 8.26. The predicted octanol–water partition coefficient (Wildman–Crippen LogP) is 5.54. The molecule has 1 aliphatic heterocycles. The summed E-state index contributed by atoms with van der Waals surface area (Å²) < 4.78 is 43.6. The Morgan fingerprint density at radius 1 is 1.15 bits per heavy atom. The number of carbonyl (C=O) groups is 1. The molecule has 3 aromatic rings. The van der Waals surface area contributed by atoms with Crippen LogP contribution in [-0.4, -0.2) is 45.0 Å². The average molecular weight is 471 g/mol. The molecule has 2 aromatic carbocycles. The topological polar surface area (TPSA) is 52.9 Å². The van der Waals surface area contributed by atoms with Crippen LogP contribution in [0, 0.1) is 6.92 Å². The Bertz CT molecular complexity index is 1230. The number of hydrogen-bond donors (Lipinski definition) is 0. The molecule has 4 rings (SSSR count). The van der Waals surface area contributed by atoms with Crippen molar-refractivity contribution in [3.05, 3.63) is 53.2 Å². The molecule has 0 N–H and O–H groups in total. The van der Waals surface area contributed by atoms with Gasteiger partial charge >= 0.3 is 12.6 Å². The normalized spacial score (nSPS) is 12.2. The van der Waals surface area contributed by atoms with E-state index in [4.69, 9.17) is 9.47 Å². The van der Waals surface area contributed by atoms with Gasteiger partial charge < -0.3 is 23.7 Å². The van der Waals surface area contributed by atoms with Gasteiger partial charge in [0.05, 0.1) is 25.0 Å². The van der Waals surface area contributed by atoms with Crippen molar-refractivity contribution >= 4 is 11.7 Å². The number of para-hydroxylation sites is 1. The van der Waals surface area contributed by atoms with E-state index < -0.39 is 12.6 Å². The molecule has 6 nitrogen and oxygen atoms in total. The van der Waals surface area contributed by atoms with E-state index in [9.17, 15) is 13.6 Å². The lowest BCUT2D eigenvalue weighted by Crippen LogP contribution is -2.15. The van der Waals surface area contributed by atoms with Crippen LogP contribution >= 0.6 is 0 Å². The lowest BCUT2D eigenvalue weighted by Gasteiger charge is -2.23. The van der Waals surface area contributed by atoms with Crippen molar-refractivity contribution in [1.82, 2.24) is 4.57 Å². The van der Waals surface area contributed by atoms with E-state index in [1.54, 1.807) is 19.1 Å². The Labute approximate surface area is 197 Å². The first-order chi connectivity index (χ1) is 16.3. The smallest absolute Gasteiger partial charge is 0.387 e. The number of fused-ring (bicyclic) bond motifs is 3. The van der Waals surface area contributed by atoms with Crippen molar-refractivity contribution in [2.45, 2.75) is 33.4 Å². The van der Waals surface area contributed by atoms with Crippen LogP contribution in [0.15, 0.2) is 36.4 Å². The van der Waals surface area contributed by atoms with Crippen LogP contribution < -0.4 is 14.4 Å². The number of aromatic nitrogens is 1. The molecular weight excluding hydrogens is 442 g/mol. The van der Waals surface area contributed by atoms with Gasteiger partial charge in [-0.3, -0.25) is 0 Å². The van der Waals surface area contributed by atoms with Crippen LogP contribution in [-0.2, 0) is 17.7 Å². The molecule has 0 bridgehead atoms. The molecule has 0 spiro atoms. The Kier molecular flexibility index (Phi) is 6.50. The molecule has 34 heavy (non-hydrogen) atoms. The molecule has 1 aliphatic rings. The average Bonchev–Trinajstić information content (AvgIpc) is 3.11. The third-order valence-corrected chi connectivity index (χ3v) is 6.12. The summed E-state index contributed by atoms with van der Waals surface area (Å²) >= 11 is 0.